The second-order valence-electron chi connectivity index (χ2n) is 3.46. The quantitative estimate of drug-likeness (QED) is 0.687. The monoisotopic (exact) mass is 178 g/mol. The first-order chi connectivity index (χ1) is 6.24. The van der Waals surface area contributed by atoms with E-state index in [-0.39, 0.29) is 0 Å². The molecule has 72 valence electrons. The molecule has 1 aromatic carbocycles. The Morgan fingerprint density at radius 2 is 2.00 bits per heavy atom. The molecule has 1 unspecified atom stereocenters. The first kappa shape index (κ1) is 10.3. The van der Waals surface area contributed by atoms with Crippen molar-refractivity contribution in [2.45, 2.75) is 39.9 Å². The van der Waals surface area contributed by atoms with Gasteiger partial charge in [0.25, 0.3) is 0 Å². The average Bonchev–Trinajstić information content (AvgIpc) is 2.16. The molecule has 0 bridgehead atoms. The van der Waals surface area contributed by atoms with Gasteiger partial charge in [-0.1, -0.05) is 31.2 Å². The smallest absolute Gasteiger partial charge is 0.0723 e. The summed E-state index contributed by atoms with van der Waals surface area (Å²) < 4.78 is 5.66. The minimum Gasteiger partial charge on any atom is -0.374 e. The predicted molar refractivity (Wildman–Crippen MR) is 55.7 cm³/mol. The van der Waals surface area contributed by atoms with Crippen molar-refractivity contribution in [1.29, 1.82) is 0 Å². The van der Waals surface area contributed by atoms with Gasteiger partial charge in [0, 0.05) is 0 Å². The van der Waals surface area contributed by atoms with Crippen molar-refractivity contribution in [3.05, 3.63) is 35.4 Å². The minimum atomic E-state index is 0.361. The fraction of sp³-hybridized carbons (Fsp3) is 0.500. The summed E-state index contributed by atoms with van der Waals surface area (Å²) in [6, 6.07) is 8.36. The van der Waals surface area contributed by atoms with E-state index in [1.54, 1.807) is 0 Å². The van der Waals surface area contributed by atoms with Crippen LogP contribution in [0.1, 0.15) is 31.4 Å². The molecule has 0 saturated heterocycles. The Kier molecular flexibility index (Phi) is 3.97. The number of hydrogen-bond acceptors (Lipinski definition) is 1. The van der Waals surface area contributed by atoms with Gasteiger partial charge in [0.2, 0.25) is 0 Å². The van der Waals surface area contributed by atoms with E-state index in [2.05, 4.69) is 45.0 Å². The summed E-state index contributed by atoms with van der Waals surface area (Å²) in [6.45, 7) is 7.11. The van der Waals surface area contributed by atoms with Gasteiger partial charge in [-0.3, -0.25) is 0 Å². The van der Waals surface area contributed by atoms with Crippen LogP contribution in [0.3, 0.4) is 0 Å². The van der Waals surface area contributed by atoms with Gasteiger partial charge < -0.3 is 4.74 Å². The Morgan fingerprint density at radius 1 is 1.31 bits per heavy atom. The van der Waals surface area contributed by atoms with Crippen molar-refractivity contribution in [3.8, 4) is 0 Å². The molecule has 0 aliphatic carbocycles. The number of rotatable bonds is 4. The number of benzene rings is 1. The van der Waals surface area contributed by atoms with Crippen LogP contribution < -0.4 is 0 Å². The summed E-state index contributed by atoms with van der Waals surface area (Å²) in [5.74, 6) is 0. The first-order valence-electron chi connectivity index (χ1n) is 4.90. The van der Waals surface area contributed by atoms with Crippen molar-refractivity contribution < 1.29 is 4.74 Å². The molecule has 1 nitrogen and oxygen atoms in total. The molecule has 0 N–H and O–H groups in total. The van der Waals surface area contributed by atoms with Crippen LogP contribution in [0.2, 0.25) is 0 Å². The standard InChI is InChI=1S/C12H18O/c1-4-11(3)13-9-12-8-6-5-7-10(12)2/h5-8,11H,4,9H2,1-3H3. The summed E-state index contributed by atoms with van der Waals surface area (Å²) in [5, 5.41) is 0. The van der Waals surface area contributed by atoms with E-state index in [0.29, 0.717) is 6.10 Å². The summed E-state index contributed by atoms with van der Waals surface area (Å²) >= 11 is 0. The molecule has 0 aliphatic heterocycles. The molecule has 0 aliphatic rings. The molecule has 0 heterocycles. The molecule has 1 heteroatoms. The minimum absolute atomic E-state index is 0.361. The zero-order valence-corrected chi connectivity index (χ0v) is 8.71. The maximum Gasteiger partial charge on any atom is 0.0723 e. The highest BCUT2D eigenvalue weighted by Crippen LogP contribution is 2.10. The third-order valence-corrected chi connectivity index (χ3v) is 2.36. The van der Waals surface area contributed by atoms with Crippen molar-refractivity contribution in [2.75, 3.05) is 0 Å². The zero-order valence-electron chi connectivity index (χ0n) is 8.71. The largest absolute Gasteiger partial charge is 0.374 e. The molecule has 1 atom stereocenters. The van der Waals surface area contributed by atoms with Crippen LogP contribution in [0.4, 0.5) is 0 Å². The van der Waals surface area contributed by atoms with Crippen molar-refractivity contribution in [2.24, 2.45) is 0 Å². The molecule has 0 spiro atoms. The molecular formula is C12H18O. The van der Waals surface area contributed by atoms with Gasteiger partial charge in [0.05, 0.1) is 12.7 Å². The molecular weight excluding hydrogens is 160 g/mol. The Morgan fingerprint density at radius 3 is 2.62 bits per heavy atom. The van der Waals surface area contributed by atoms with Crippen LogP contribution >= 0.6 is 0 Å². The predicted octanol–water partition coefficient (Wildman–Crippen LogP) is 3.31. The number of ether oxygens (including phenoxy) is 1. The van der Waals surface area contributed by atoms with Gasteiger partial charge in [-0.15, -0.1) is 0 Å². The lowest BCUT2D eigenvalue weighted by molar-refractivity contribution is 0.0506. The lowest BCUT2D eigenvalue weighted by Crippen LogP contribution is -2.06. The summed E-state index contributed by atoms with van der Waals surface area (Å²) in [7, 11) is 0. The van der Waals surface area contributed by atoms with Crippen LogP contribution in [0.5, 0.6) is 0 Å². The van der Waals surface area contributed by atoms with E-state index in [1.807, 2.05) is 0 Å². The fourth-order valence-corrected chi connectivity index (χ4v) is 1.12. The normalized spacial score (nSPS) is 12.8. The highest BCUT2D eigenvalue weighted by Gasteiger charge is 2.00. The Hall–Kier alpha value is -0.820. The molecule has 13 heavy (non-hydrogen) atoms. The number of hydrogen-bond donors (Lipinski definition) is 0. The Bertz CT molecular complexity index is 255. The van der Waals surface area contributed by atoms with Gasteiger partial charge in [0.1, 0.15) is 0 Å². The Balaban J connectivity index is 2.50. The van der Waals surface area contributed by atoms with Gasteiger partial charge in [0.15, 0.2) is 0 Å². The van der Waals surface area contributed by atoms with Crippen molar-refractivity contribution >= 4 is 0 Å². The molecule has 0 aromatic heterocycles. The molecule has 0 radical (unpaired) electrons. The van der Waals surface area contributed by atoms with Gasteiger partial charge in [-0.2, -0.15) is 0 Å². The summed E-state index contributed by atoms with van der Waals surface area (Å²) in [4.78, 5) is 0. The highest BCUT2D eigenvalue weighted by molar-refractivity contribution is 5.24. The lowest BCUT2D eigenvalue weighted by Gasteiger charge is -2.11. The molecule has 0 amide bonds. The van der Waals surface area contributed by atoms with Crippen LogP contribution in [-0.4, -0.2) is 6.10 Å². The van der Waals surface area contributed by atoms with E-state index in [0.717, 1.165) is 13.0 Å². The summed E-state index contributed by atoms with van der Waals surface area (Å²) in [6.07, 6.45) is 1.44. The second kappa shape index (κ2) is 5.03. The maximum absolute atomic E-state index is 5.66. The third kappa shape index (κ3) is 3.19. The number of aryl methyl sites for hydroxylation is 1. The molecule has 1 aromatic rings. The van der Waals surface area contributed by atoms with Crippen LogP contribution in [0, 0.1) is 6.92 Å². The van der Waals surface area contributed by atoms with E-state index in [9.17, 15) is 0 Å². The van der Waals surface area contributed by atoms with Crippen LogP contribution in [0.15, 0.2) is 24.3 Å². The van der Waals surface area contributed by atoms with Crippen molar-refractivity contribution in [1.82, 2.24) is 0 Å². The highest BCUT2D eigenvalue weighted by atomic mass is 16.5. The molecule has 0 fully saturated rings. The van der Waals surface area contributed by atoms with Crippen LogP contribution in [-0.2, 0) is 11.3 Å². The SMILES string of the molecule is CCC(C)OCc1ccccc1C. The lowest BCUT2D eigenvalue weighted by atomic mass is 10.1. The fourth-order valence-electron chi connectivity index (χ4n) is 1.12. The topological polar surface area (TPSA) is 9.23 Å². The average molecular weight is 178 g/mol. The zero-order chi connectivity index (χ0) is 9.68. The second-order valence-corrected chi connectivity index (χ2v) is 3.46. The van der Waals surface area contributed by atoms with E-state index < -0.39 is 0 Å². The van der Waals surface area contributed by atoms with E-state index >= 15 is 0 Å². The van der Waals surface area contributed by atoms with Crippen molar-refractivity contribution in [3.63, 3.8) is 0 Å². The van der Waals surface area contributed by atoms with Gasteiger partial charge >= 0.3 is 0 Å². The van der Waals surface area contributed by atoms with Gasteiger partial charge in [-0.25, -0.2) is 0 Å². The molecule has 1 rings (SSSR count). The first-order valence-corrected chi connectivity index (χ1v) is 4.90. The van der Waals surface area contributed by atoms with E-state index in [4.69, 9.17) is 4.74 Å². The Labute approximate surface area is 80.7 Å². The maximum atomic E-state index is 5.66. The molecule has 0 saturated carbocycles. The van der Waals surface area contributed by atoms with Crippen LogP contribution in [0.25, 0.3) is 0 Å². The van der Waals surface area contributed by atoms with E-state index in [1.165, 1.54) is 11.1 Å². The third-order valence-electron chi connectivity index (χ3n) is 2.36. The van der Waals surface area contributed by atoms with Gasteiger partial charge in [-0.05, 0) is 31.4 Å². The summed E-state index contributed by atoms with van der Waals surface area (Å²) in [5.41, 5.74) is 2.61.